The van der Waals surface area contributed by atoms with Gasteiger partial charge in [0, 0.05) is 40.8 Å². The molecule has 144 valence electrons. The van der Waals surface area contributed by atoms with Gasteiger partial charge in [-0.15, -0.1) is 0 Å². The molecule has 0 spiro atoms. The molecule has 1 aliphatic rings. The van der Waals surface area contributed by atoms with E-state index in [9.17, 15) is 5.26 Å². The molecule has 4 rings (SSSR count). The third-order valence-electron chi connectivity index (χ3n) is 4.95. The van der Waals surface area contributed by atoms with Crippen LogP contribution in [-0.4, -0.2) is 23.6 Å². The summed E-state index contributed by atoms with van der Waals surface area (Å²) in [4.78, 5) is 7.41. The molecule has 2 aromatic heterocycles. The Hall–Kier alpha value is -3.98. The Morgan fingerprint density at radius 1 is 1.24 bits per heavy atom. The van der Waals surface area contributed by atoms with Crippen LogP contribution < -0.4 is 15.4 Å². The van der Waals surface area contributed by atoms with Gasteiger partial charge < -0.3 is 20.4 Å². The van der Waals surface area contributed by atoms with Gasteiger partial charge in [0.05, 0.1) is 37.2 Å². The molecule has 6 nitrogen and oxygen atoms in total. The number of nitrogens with one attached hydrogen (secondary N) is 3. The van der Waals surface area contributed by atoms with Crippen LogP contribution in [0.3, 0.4) is 0 Å². The van der Waals surface area contributed by atoms with E-state index in [1.54, 1.807) is 19.5 Å². The van der Waals surface area contributed by atoms with Crippen molar-refractivity contribution in [1.82, 2.24) is 15.3 Å². The molecule has 1 aromatic carbocycles. The number of nitriles is 1. The zero-order valence-electron chi connectivity index (χ0n) is 16.3. The lowest BCUT2D eigenvalue weighted by Crippen LogP contribution is -2.21. The first-order valence-corrected chi connectivity index (χ1v) is 9.27. The number of allylic oxidation sites excluding steroid dienone is 1. The molecule has 3 aromatic rings. The number of nitrogens with zero attached hydrogens (tertiary/aromatic N) is 2. The Balaban J connectivity index is 1.67. The fourth-order valence-electron chi connectivity index (χ4n) is 3.35. The van der Waals surface area contributed by atoms with E-state index in [1.165, 1.54) is 0 Å². The van der Waals surface area contributed by atoms with Crippen molar-refractivity contribution in [3.05, 3.63) is 83.1 Å². The predicted molar refractivity (Wildman–Crippen MR) is 115 cm³/mol. The van der Waals surface area contributed by atoms with Crippen molar-refractivity contribution in [2.45, 2.75) is 6.92 Å². The van der Waals surface area contributed by atoms with Gasteiger partial charge in [-0.3, -0.25) is 4.98 Å². The second kappa shape index (κ2) is 7.95. The van der Waals surface area contributed by atoms with Crippen molar-refractivity contribution < 1.29 is 4.74 Å². The van der Waals surface area contributed by atoms with Crippen LogP contribution in [0.25, 0.3) is 17.0 Å². The predicted octanol–water partition coefficient (Wildman–Crippen LogP) is 4.27. The molecule has 6 heteroatoms. The maximum Gasteiger partial charge on any atom is 0.137 e. The second-order valence-electron chi connectivity index (χ2n) is 6.74. The average Bonchev–Trinajstić information content (AvgIpc) is 3.24. The number of methoxy groups -OCH3 is 1. The van der Waals surface area contributed by atoms with Crippen molar-refractivity contribution in [3.8, 4) is 11.8 Å². The first-order valence-electron chi connectivity index (χ1n) is 9.27. The minimum Gasteiger partial charge on any atom is -0.495 e. The minimum absolute atomic E-state index is 0.488. The third kappa shape index (κ3) is 3.71. The number of aromatic nitrogens is 2. The van der Waals surface area contributed by atoms with E-state index >= 15 is 0 Å². The molecular formula is C23H21N5O. The number of dihydropyridines is 1. The van der Waals surface area contributed by atoms with Gasteiger partial charge in [-0.25, -0.2) is 0 Å². The number of fused-ring (bicyclic) bond motifs is 1. The molecule has 0 amide bonds. The molecule has 1 aliphatic heterocycles. The molecule has 0 saturated heterocycles. The molecule has 0 unspecified atom stereocenters. The summed E-state index contributed by atoms with van der Waals surface area (Å²) in [7, 11) is 1.62. The van der Waals surface area contributed by atoms with E-state index in [1.807, 2.05) is 42.7 Å². The Morgan fingerprint density at radius 3 is 2.97 bits per heavy atom. The highest BCUT2D eigenvalue weighted by atomic mass is 16.5. The molecule has 0 bridgehead atoms. The summed E-state index contributed by atoms with van der Waals surface area (Å²) in [6.07, 6.45) is 11.2. The summed E-state index contributed by atoms with van der Waals surface area (Å²) in [5.74, 6) is 0.699. The lowest BCUT2D eigenvalue weighted by Gasteiger charge is -2.20. The normalized spacial score (nSPS) is 13.9. The molecule has 0 fully saturated rings. The van der Waals surface area contributed by atoms with Gasteiger partial charge in [0.25, 0.3) is 0 Å². The standard InChI is InChI=1S/C23H21N5O/c1-15-20-7-8-27-22(20)6-5-21(15)28-23-17(12-26-13-18(23)10-24)4-3-16-9-19(29-2)14-25-11-16/h3-9,11-12,14,26-28H,13H2,1-2H3/b4-3+. The van der Waals surface area contributed by atoms with Crippen molar-refractivity contribution >= 4 is 22.7 Å². The number of pyridine rings is 1. The van der Waals surface area contributed by atoms with E-state index in [-0.39, 0.29) is 0 Å². The minimum atomic E-state index is 0.488. The Bertz CT molecular complexity index is 1190. The number of ether oxygens (including phenoxy) is 1. The van der Waals surface area contributed by atoms with E-state index in [4.69, 9.17) is 4.74 Å². The van der Waals surface area contributed by atoms with Gasteiger partial charge in [0.2, 0.25) is 0 Å². The summed E-state index contributed by atoms with van der Waals surface area (Å²) < 4.78 is 5.23. The van der Waals surface area contributed by atoms with E-state index in [0.717, 1.165) is 39.0 Å². The summed E-state index contributed by atoms with van der Waals surface area (Å²) in [5, 5.41) is 17.5. The van der Waals surface area contributed by atoms with Gasteiger partial charge in [-0.2, -0.15) is 5.26 Å². The van der Waals surface area contributed by atoms with E-state index < -0.39 is 0 Å². The Kier molecular flexibility index (Phi) is 5.04. The number of anilines is 1. The summed E-state index contributed by atoms with van der Waals surface area (Å²) in [6, 6.07) is 10.4. The van der Waals surface area contributed by atoms with Gasteiger partial charge in [0.1, 0.15) is 5.75 Å². The molecule has 3 N–H and O–H groups in total. The highest BCUT2D eigenvalue weighted by Crippen LogP contribution is 2.29. The summed E-state index contributed by atoms with van der Waals surface area (Å²) in [6.45, 7) is 2.57. The van der Waals surface area contributed by atoms with Crippen LogP contribution in [-0.2, 0) is 0 Å². The first-order chi connectivity index (χ1) is 14.2. The third-order valence-corrected chi connectivity index (χ3v) is 4.95. The SMILES string of the molecule is COc1cncc(/C=C/C2=CNCC(C#N)=C2Nc2ccc3[nH]ccc3c2C)c1. The molecule has 3 heterocycles. The van der Waals surface area contributed by atoms with Crippen molar-refractivity contribution in [2.75, 3.05) is 19.0 Å². The van der Waals surface area contributed by atoms with Gasteiger partial charge in [-0.05, 0) is 42.3 Å². The topological polar surface area (TPSA) is 85.8 Å². The van der Waals surface area contributed by atoms with Crippen molar-refractivity contribution in [3.63, 3.8) is 0 Å². The lowest BCUT2D eigenvalue weighted by molar-refractivity contribution is 0.413. The number of aromatic amines is 1. The summed E-state index contributed by atoms with van der Waals surface area (Å²) in [5.41, 5.74) is 6.47. The molecule has 0 atom stereocenters. The monoisotopic (exact) mass is 383 g/mol. The van der Waals surface area contributed by atoms with Gasteiger partial charge >= 0.3 is 0 Å². The van der Waals surface area contributed by atoms with E-state index in [2.05, 4.69) is 39.7 Å². The number of aryl methyl sites for hydroxylation is 1. The van der Waals surface area contributed by atoms with Crippen molar-refractivity contribution in [1.29, 1.82) is 5.26 Å². The van der Waals surface area contributed by atoms with Crippen molar-refractivity contribution in [2.24, 2.45) is 0 Å². The largest absolute Gasteiger partial charge is 0.495 e. The smallest absolute Gasteiger partial charge is 0.137 e. The zero-order valence-corrected chi connectivity index (χ0v) is 16.3. The number of hydrogen-bond acceptors (Lipinski definition) is 5. The van der Waals surface area contributed by atoms with Gasteiger partial charge in [-0.1, -0.05) is 12.2 Å². The fourth-order valence-corrected chi connectivity index (χ4v) is 3.35. The van der Waals surface area contributed by atoms with Crippen LogP contribution in [0.15, 0.2) is 72.0 Å². The van der Waals surface area contributed by atoms with Crippen LogP contribution >= 0.6 is 0 Å². The molecule has 29 heavy (non-hydrogen) atoms. The maximum absolute atomic E-state index is 9.65. The Labute approximate surface area is 169 Å². The number of rotatable bonds is 5. The second-order valence-corrected chi connectivity index (χ2v) is 6.74. The molecule has 0 aliphatic carbocycles. The fraction of sp³-hybridized carbons (Fsp3) is 0.130. The first kappa shape index (κ1) is 18.4. The molecular weight excluding hydrogens is 362 g/mol. The van der Waals surface area contributed by atoms with Crippen LogP contribution in [0, 0.1) is 18.3 Å². The number of benzene rings is 1. The quantitative estimate of drug-likeness (QED) is 0.613. The lowest BCUT2D eigenvalue weighted by atomic mass is 10.0. The Morgan fingerprint density at radius 2 is 2.14 bits per heavy atom. The van der Waals surface area contributed by atoms with Crippen LogP contribution in [0.5, 0.6) is 5.75 Å². The highest BCUT2D eigenvalue weighted by Gasteiger charge is 2.16. The highest BCUT2D eigenvalue weighted by molar-refractivity contribution is 5.88. The van der Waals surface area contributed by atoms with Gasteiger partial charge in [0.15, 0.2) is 0 Å². The summed E-state index contributed by atoms with van der Waals surface area (Å²) >= 11 is 0. The zero-order chi connectivity index (χ0) is 20.2. The number of hydrogen-bond donors (Lipinski definition) is 3. The average molecular weight is 383 g/mol. The molecule has 0 radical (unpaired) electrons. The van der Waals surface area contributed by atoms with E-state index in [0.29, 0.717) is 17.9 Å². The number of H-pyrrole nitrogens is 1. The maximum atomic E-state index is 9.65. The van der Waals surface area contributed by atoms with Crippen LogP contribution in [0.2, 0.25) is 0 Å². The van der Waals surface area contributed by atoms with Crippen LogP contribution in [0.4, 0.5) is 5.69 Å². The van der Waals surface area contributed by atoms with Crippen LogP contribution in [0.1, 0.15) is 11.1 Å². The molecule has 0 saturated carbocycles.